The van der Waals surface area contributed by atoms with Crippen LogP contribution in [0.3, 0.4) is 0 Å². The van der Waals surface area contributed by atoms with Crippen LogP contribution in [0.4, 0.5) is 0 Å². The SMILES string of the molecule is NC1=CC(N)=C2CC=CC=C2O1. The average molecular weight is 162 g/mol. The molecule has 2 rings (SSSR count). The Balaban J connectivity index is 2.46. The third-order valence-electron chi connectivity index (χ3n) is 1.88. The fourth-order valence-corrected chi connectivity index (χ4v) is 1.30. The number of nitrogens with two attached hydrogens (primary N) is 2. The Morgan fingerprint density at radius 2 is 2.17 bits per heavy atom. The molecule has 1 aliphatic heterocycles. The van der Waals surface area contributed by atoms with Gasteiger partial charge in [-0.05, 0) is 12.5 Å². The van der Waals surface area contributed by atoms with E-state index in [2.05, 4.69) is 0 Å². The van der Waals surface area contributed by atoms with Gasteiger partial charge in [-0.15, -0.1) is 0 Å². The fourth-order valence-electron chi connectivity index (χ4n) is 1.30. The molecule has 0 fully saturated rings. The van der Waals surface area contributed by atoms with Gasteiger partial charge < -0.3 is 16.2 Å². The van der Waals surface area contributed by atoms with Gasteiger partial charge >= 0.3 is 0 Å². The van der Waals surface area contributed by atoms with Gasteiger partial charge in [0.15, 0.2) is 5.88 Å². The van der Waals surface area contributed by atoms with Crippen molar-refractivity contribution in [2.24, 2.45) is 11.5 Å². The van der Waals surface area contributed by atoms with E-state index >= 15 is 0 Å². The van der Waals surface area contributed by atoms with Gasteiger partial charge in [-0.3, -0.25) is 0 Å². The molecule has 0 aromatic rings. The summed E-state index contributed by atoms with van der Waals surface area (Å²) in [5, 5.41) is 0. The molecule has 0 saturated heterocycles. The molecule has 1 heterocycles. The predicted octanol–water partition coefficient (Wildman–Crippen LogP) is 0.873. The van der Waals surface area contributed by atoms with Gasteiger partial charge in [0.25, 0.3) is 0 Å². The Morgan fingerprint density at radius 3 is 3.00 bits per heavy atom. The molecule has 62 valence electrons. The zero-order valence-electron chi connectivity index (χ0n) is 6.58. The minimum atomic E-state index is 0.359. The molecule has 0 aromatic heterocycles. The molecule has 0 radical (unpaired) electrons. The lowest BCUT2D eigenvalue weighted by Gasteiger charge is -2.20. The highest BCUT2D eigenvalue weighted by atomic mass is 16.5. The first-order chi connectivity index (χ1) is 5.77. The van der Waals surface area contributed by atoms with Crippen LogP contribution in [0.2, 0.25) is 0 Å². The fraction of sp³-hybridized carbons (Fsp3) is 0.111. The van der Waals surface area contributed by atoms with E-state index < -0.39 is 0 Å². The largest absolute Gasteiger partial charge is 0.441 e. The second-order valence-electron chi connectivity index (χ2n) is 2.75. The summed E-state index contributed by atoms with van der Waals surface area (Å²) in [7, 11) is 0. The monoisotopic (exact) mass is 162 g/mol. The highest BCUT2D eigenvalue weighted by Gasteiger charge is 2.16. The summed E-state index contributed by atoms with van der Waals surface area (Å²) in [6.45, 7) is 0. The summed E-state index contributed by atoms with van der Waals surface area (Å²) in [4.78, 5) is 0. The number of ether oxygens (including phenoxy) is 1. The van der Waals surface area contributed by atoms with Gasteiger partial charge in [0, 0.05) is 17.3 Å². The highest BCUT2D eigenvalue weighted by molar-refractivity contribution is 5.44. The van der Waals surface area contributed by atoms with Crippen molar-refractivity contribution >= 4 is 0 Å². The Morgan fingerprint density at radius 1 is 1.33 bits per heavy atom. The van der Waals surface area contributed by atoms with Gasteiger partial charge in [0.1, 0.15) is 5.76 Å². The first-order valence-electron chi connectivity index (χ1n) is 3.78. The van der Waals surface area contributed by atoms with Crippen molar-refractivity contribution in [1.82, 2.24) is 0 Å². The Kier molecular flexibility index (Phi) is 1.43. The molecule has 3 nitrogen and oxygen atoms in total. The molecule has 4 N–H and O–H groups in total. The van der Waals surface area contributed by atoms with E-state index in [0.29, 0.717) is 11.6 Å². The number of allylic oxidation sites excluding steroid dienone is 5. The number of rotatable bonds is 0. The molecular formula is C9H10N2O. The molecule has 2 aliphatic rings. The maximum absolute atomic E-state index is 5.75. The normalized spacial score (nSPS) is 21.0. The van der Waals surface area contributed by atoms with Gasteiger partial charge in [0.05, 0.1) is 0 Å². The maximum atomic E-state index is 5.75. The molecule has 0 bridgehead atoms. The van der Waals surface area contributed by atoms with Crippen molar-refractivity contribution in [2.75, 3.05) is 0 Å². The van der Waals surface area contributed by atoms with E-state index in [4.69, 9.17) is 16.2 Å². The standard InChI is InChI=1S/C9H10N2O/c10-7-5-9(11)12-8-4-2-1-3-6(7)8/h1-2,4-5H,3,10-11H2. The van der Waals surface area contributed by atoms with Crippen molar-refractivity contribution in [3.05, 3.63) is 47.2 Å². The summed E-state index contributed by atoms with van der Waals surface area (Å²) in [6.07, 6.45) is 8.30. The van der Waals surface area contributed by atoms with Crippen LogP contribution in [0.1, 0.15) is 6.42 Å². The molecule has 0 amide bonds. The summed E-state index contributed by atoms with van der Waals surface area (Å²) >= 11 is 0. The first kappa shape index (κ1) is 7.03. The third kappa shape index (κ3) is 0.993. The van der Waals surface area contributed by atoms with E-state index in [1.165, 1.54) is 0 Å². The second kappa shape index (κ2) is 2.44. The zero-order valence-corrected chi connectivity index (χ0v) is 6.58. The Hall–Kier alpha value is -1.64. The molecular weight excluding hydrogens is 152 g/mol. The van der Waals surface area contributed by atoms with E-state index in [1.807, 2.05) is 18.2 Å². The molecule has 0 atom stereocenters. The highest BCUT2D eigenvalue weighted by Crippen LogP contribution is 2.27. The topological polar surface area (TPSA) is 61.3 Å². The van der Waals surface area contributed by atoms with Crippen LogP contribution in [-0.4, -0.2) is 0 Å². The minimum absolute atomic E-state index is 0.359. The van der Waals surface area contributed by atoms with Crippen molar-refractivity contribution in [2.45, 2.75) is 6.42 Å². The van der Waals surface area contributed by atoms with Crippen LogP contribution in [-0.2, 0) is 4.74 Å². The maximum Gasteiger partial charge on any atom is 0.192 e. The van der Waals surface area contributed by atoms with Crippen molar-refractivity contribution < 1.29 is 4.74 Å². The lowest BCUT2D eigenvalue weighted by atomic mass is 10.0. The number of hydrogen-bond donors (Lipinski definition) is 2. The molecule has 0 saturated carbocycles. The van der Waals surface area contributed by atoms with E-state index in [1.54, 1.807) is 6.08 Å². The van der Waals surface area contributed by atoms with Crippen LogP contribution in [0.25, 0.3) is 0 Å². The Bertz CT molecular complexity index is 334. The molecule has 12 heavy (non-hydrogen) atoms. The quantitative estimate of drug-likeness (QED) is 0.555. The summed E-state index contributed by atoms with van der Waals surface area (Å²) in [5.41, 5.74) is 13.0. The zero-order chi connectivity index (χ0) is 8.55. The molecule has 3 heteroatoms. The van der Waals surface area contributed by atoms with Crippen molar-refractivity contribution in [3.63, 3.8) is 0 Å². The van der Waals surface area contributed by atoms with Gasteiger partial charge in [0.2, 0.25) is 0 Å². The lowest BCUT2D eigenvalue weighted by Crippen LogP contribution is -2.15. The second-order valence-corrected chi connectivity index (χ2v) is 2.75. The van der Waals surface area contributed by atoms with Crippen LogP contribution in [0.15, 0.2) is 47.2 Å². The molecule has 0 unspecified atom stereocenters. The van der Waals surface area contributed by atoms with Gasteiger partial charge in [-0.2, -0.15) is 0 Å². The van der Waals surface area contributed by atoms with Gasteiger partial charge in [-0.25, -0.2) is 0 Å². The van der Waals surface area contributed by atoms with Crippen LogP contribution in [0, 0.1) is 0 Å². The lowest BCUT2D eigenvalue weighted by molar-refractivity contribution is 0.301. The van der Waals surface area contributed by atoms with Crippen molar-refractivity contribution in [1.29, 1.82) is 0 Å². The summed E-state index contributed by atoms with van der Waals surface area (Å²) < 4.78 is 5.27. The van der Waals surface area contributed by atoms with Crippen LogP contribution in [0.5, 0.6) is 0 Å². The predicted molar refractivity (Wildman–Crippen MR) is 46.4 cm³/mol. The minimum Gasteiger partial charge on any atom is -0.441 e. The van der Waals surface area contributed by atoms with Crippen LogP contribution < -0.4 is 11.5 Å². The Labute approximate surface area is 70.7 Å². The van der Waals surface area contributed by atoms with E-state index in [0.717, 1.165) is 17.8 Å². The smallest absolute Gasteiger partial charge is 0.192 e. The van der Waals surface area contributed by atoms with Crippen molar-refractivity contribution in [3.8, 4) is 0 Å². The summed E-state index contributed by atoms with van der Waals surface area (Å²) in [5.74, 6) is 1.13. The molecule has 0 spiro atoms. The molecule has 0 aromatic carbocycles. The van der Waals surface area contributed by atoms with E-state index in [9.17, 15) is 0 Å². The average Bonchev–Trinajstić information content (AvgIpc) is 2.04. The van der Waals surface area contributed by atoms with Crippen LogP contribution >= 0.6 is 0 Å². The van der Waals surface area contributed by atoms with Gasteiger partial charge in [-0.1, -0.05) is 12.2 Å². The molecule has 1 aliphatic carbocycles. The third-order valence-corrected chi connectivity index (χ3v) is 1.88. The number of fused-ring (bicyclic) bond motifs is 1. The first-order valence-corrected chi connectivity index (χ1v) is 3.78. The summed E-state index contributed by atoms with van der Waals surface area (Å²) in [6, 6.07) is 0. The number of hydrogen-bond acceptors (Lipinski definition) is 3. The van der Waals surface area contributed by atoms with E-state index in [-0.39, 0.29) is 0 Å².